The van der Waals surface area contributed by atoms with Gasteiger partial charge in [0.1, 0.15) is 5.60 Å². The van der Waals surface area contributed by atoms with E-state index >= 15 is 0 Å². The second-order valence-electron chi connectivity index (χ2n) is 7.39. The van der Waals surface area contributed by atoms with Crippen LogP contribution in [-0.2, 0) is 9.47 Å². The van der Waals surface area contributed by atoms with Gasteiger partial charge in [0.05, 0.1) is 12.6 Å². The quantitative estimate of drug-likeness (QED) is 0.917. The van der Waals surface area contributed by atoms with Crippen LogP contribution in [0.5, 0.6) is 0 Å². The molecule has 0 saturated carbocycles. The number of piperidine rings is 1. The van der Waals surface area contributed by atoms with Crippen LogP contribution in [0.1, 0.15) is 45.7 Å². The molecule has 134 valence electrons. The largest absolute Gasteiger partial charge is 0.444 e. The van der Waals surface area contributed by atoms with E-state index in [2.05, 4.69) is 24.4 Å². The lowest BCUT2D eigenvalue weighted by atomic mass is 9.99. The SMILES string of the molecule is CO[C@H]1CN(C(=O)OC(C)(C)C)CC[C@H]1N[C@H](C)c1ccccc1. The molecule has 1 aliphatic rings. The van der Waals surface area contributed by atoms with Crippen molar-refractivity contribution in [3.05, 3.63) is 35.9 Å². The van der Waals surface area contributed by atoms with E-state index in [0.717, 1.165) is 6.42 Å². The molecule has 1 fully saturated rings. The zero-order valence-electron chi connectivity index (χ0n) is 15.4. The number of amides is 1. The number of rotatable bonds is 4. The van der Waals surface area contributed by atoms with Crippen molar-refractivity contribution in [3.63, 3.8) is 0 Å². The Balaban J connectivity index is 1.94. The van der Waals surface area contributed by atoms with Crippen molar-refractivity contribution in [2.45, 2.75) is 57.9 Å². The average molecular weight is 334 g/mol. The lowest BCUT2D eigenvalue weighted by Gasteiger charge is -2.39. The standard InChI is InChI=1S/C19H30N2O3/c1-14(15-9-7-6-8-10-15)20-16-11-12-21(13-17(16)23-5)18(22)24-19(2,3)4/h6-10,14,16-17,20H,11-13H2,1-5H3/t14-,16-,17+/m1/s1. The molecule has 0 aromatic heterocycles. The highest BCUT2D eigenvalue weighted by atomic mass is 16.6. The summed E-state index contributed by atoms with van der Waals surface area (Å²) in [5.74, 6) is 0. The van der Waals surface area contributed by atoms with Gasteiger partial charge in [-0.15, -0.1) is 0 Å². The fourth-order valence-corrected chi connectivity index (χ4v) is 3.00. The topological polar surface area (TPSA) is 50.8 Å². The van der Waals surface area contributed by atoms with E-state index in [-0.39, 0.29) is 24.3 Å². The third kappa shape index (κ3) is 5.21. The van der Waals surface area contributed by atoms with Crippen LogP contribution in [0, 0.1) is 0 Å². The van der Waals surface area contributed by atoms with Gasteiger partial charge >= 0.3 is 6.09 Å². The Labute approximate surface area is 145 Å². The van der Waals surface area contributed by atoms with Crippen molar-refractivity contribution in [2.24, 2.45) is 0 Å². The minimum absolute atomic E-state index is 0.0440. The molecule has 2 rings (SSSR count). The van der Waals surface area contributed by atoms with E-state index in [1.165, 1.54) is 5.56 Å². The maximum absolute atomic E-state index is 12.3. The minimum atomic E-state index is -0.476. The molecule has 5 heteroatoms. The van der Waals surface area contributed by atoms with Crippen LogP contribution >= 0.6 is 0 Å². The second kappa shape index (κ2) is 7.99. The smallest absolute Gasteiger partial charge is 0.410 e. The van der Waals surface area contributed by atoms with Gasteiger partial charge in [-0.3, -0.25) is 0 Å². The third-order valence-electron chi connectivity index (χ3n) is 4.28. The second-order valence-corrected chi connectivity index (χ2v) is 7.39. The lowest BCUT2D eigenvalue weighted by molar-refractivity contribution is -0.0196. The van der Waals surface area contributed by atoms with Gasteiger partial charge < -0.3 is 19.7 Å². The zero-order valence-corrected chi connectivity index (χ0v) is 15.4. The van der Waals surface area contributed by atoms with Gasteiger partial charge in [-0.1, -0.05) is 30.3 Å². The van der Waals surface area contributed by atoms with Crippen LogP contribution in [0.4, 0.5) is 4.79 Å². The van der Waals surface area contributed by atoms with E-state index in [4.69, 9.17) is 9.47 Å². The molecule has 1 aliphatic heterocycles. The Morgan fingerprint density at radius 3 is 2.54 bits per heavy atom. The number of benzene rings is 1. The zero-order chi connectivity index (χ0) is 17.7. The maximum atomic E-state index is 12.3. The lowest BCUT2D eigenvalue weighted by Crippen LogP contribution is -2.55. The summed E-state index contributed by atoms with van der Waals surface area (Å²) >= 11 is 0. The van der Waals surface area contributed by atoms with Crippen LogP contribution < -0.4 is 5.32 Å². The predicted molar refractivity (Wildman–Crippen MR) is 95.0 cm³/mol. The summed E-state index contributed by atoms with van der Waals surface area (Å²) in [4.78, 5) is 14.0. The number of nitrogens with zero attached hydrogens (tertiary/aromatic N) is 1. The van der Waals surface area contributed by atoms with Gasteiger partial charge in [0.15, 0.2) is 0 Å². The molecule has 1 heterocycles. The molecule has 5 nitrogen and oxygen atoms in total. The molecule has 3 atom stereocenters. The Bertz CT molecular complexity index is 527. The highest BCUT2D eigenvalue weighted by Gasteiger charge is 2.34. The van der Waals surface area contributed by atoms with E-state index in [0.29, 0.717) is 13.1 Å². The summed E-state index contributed by atoms with van der Waals surface area (Å²) < 4.78 is 11.1. The first-order chi connectivity index (χ1) is 11.3. The average Bonchev–Trinajstić information content (AvgIpc) is 2.54. The molecule has 1 saturated heterocycles. The molecule has 1 aromatic rings. The molecule has 1 aromatic carbocycles. The van der Waals surface area contributed by atoms with Crippen molar-refractivity contribution < 1.29 is 14.3 Å². The number of likely N-dealkylation sites (tertiary alicyclic amines) is 1. The third-order valence-corrected chi connectivity index (χ3v) is 4.28. The number of carbonyl (C=O) groups excluding carboxylic acids is 1. The number of carbonyl (C=O) groups is 1. The van der Waals surface area contributed by atoms with Crippen LogP contribution in [0.15, 0.2) is 30.3 Å². The monoisotopic (exact) mass is 334 g/mol. The fourth-order valence-electron chi connectivity index (χ4n) is 3.00. The highest BCUT2D eigenvalue weighted by Crippen LogP contribution is 2.21. The summed E-state index contributed by atoms with van der Waals surface area (Å²) in [5.41, 5.74) is 0.776. The Morgan fingerprint density at radius 1 is 1.29 bits per heavy atom. The first-order valence-corrected chi connectivity index (χ1v) is 8.62. The van der Waals surface area contributed by atoms with Gasteiger partial charge in [0.2, 0.25) is 0 Å². The molecular formula is C19H30N2O3. The number of ether oxygens (including phenoxy) is 2. The molecule has 24 heavy (non-hydrogen) atoms. The maximum Gasteiger partial charge on any atom is 0.410 e. The Kier molecular flexibility index (Phi) is 6.24. The molecule has 0 aliphatic carbocycles. The molecule has 0 unspecified atom stereocenters. The summed E-state index contributed by atoms with van der Waals surface area (Å²) in [7, 11) is 1.70. The van der Waals surface area contributed by atoms with E-state index in [9.17, 15) is 4.79 Å². The molecule has 0 radical (unpaired) electrons. The van der Waals surface area contributed by atoms with Crippen LogP contribution in [-0.4, -0.2) is 48.9 Å². The van der Waals surface area contributed by atoms with E-state index in [1.54, 1.807) is 12.0 Å². The number of nitrogens with one attached hydrogen (secondary N) is 1. The van der Waals surface area contributed by atoms with Crippen LogP contribution in [0.25, 0.3) is 0 Å². The van der Waals surface area contributed by atoms with Crippen molar-refractivity contribution in [3.8, 4) is 0 Å². The van der Waals surface area contributed by atoms with Crippen LogP contribution in [0.2, 0.25) is 0 Å². The van der Waals surface area contributed by atoms with Gasteiger partial charge in [0.25, 0.3) is 0 Å². The predicted octanol–water partition coefficient (Wildman–Crippen LogP) is 3.36. The number of hydrogen-bond acceptors (Lipinski definition) is 4. The number of methoxy groups -OCH3 is 1. The molecule has 0 bridgehead atoms. The molecular weight excluding hydrogens is 304 g/mol. The van der Waals surface area contributed by atoms with Crippen molar-refractivity contribution in [1.82, 2.24) is 10.2 Å². The van der Waals surface area contributed by atoms with Crippen molar-refractivity contribution >= 4 is 6.09 Å². The Morgan fingerprint density at radius 2 is 1.96 bits per heavy atom. The minimum Gasteiger partial charge on any atom is -0.444 e. The molecule has 1 amide bonds. The van der Waals surface area contributed by atoms with Crippen molar-refractivity contribution in [1.29, 1.82) is 0 Å². The molecule has 1 N–H and O–H groups in total. The first-order valence-electron chi connectivity index (χ1n) is 8.62. The molecule has 0 spiro atoms. The Hall–Kier alpha value is -1.59. The highest BCUT2D eigenvalue weighted by molar-refractivity contribution is 5.68. The van der Waals surface area contributed by atoms with E-state index < -0.39 is 5.60 Å². The van der Waals surface area contributed by atoms with Gasteiger partial charge in [-0.25, -0.2) is 4.79 Å². The summed E-state index contributed by atoms with van der Waals surface area (Å²) in [6.07, 6.45) is 0.533. The summed E-state index contributed by atoms with van der Waals surface area (Å²) in [5, 5.41) is 3.64. The first kappa shape index (κ1) is 18.7. The normalized spacial score (nSPS) is 23.0. The van der Waals surface area contributed by atoms with Gasteiger partial charge in [-0.05, 0) is 39.7 Å². The summed E-state index contributed by atoms with van der Waals surface area (Å²) in [6.45, 7) is 9.03. The van der Waals surface area contributed by atoms with Crippen molar-refractivity contribution in [2.75, 3.05) is 20.2 Å². The summed E-state index contributed by atoms with van der Waals surface area (Å²) in [6, 6.07) is 10.8. The van der Waals surface area contributed by atoms with Crippen LogP contribution in [0.3, 0.4) is 0 Å². The number of hydrogen-bond donors (Lipinski definition) is 1. The fraction of sp³-hybridized carbons (Fsp3) is 0.632. The van der Waals surface area contributed by atoms with Gasteiger partial charge in [0, 0.05) is 25.7 Å². The van der Waals surface area contributed by atoms with Gasteiger partial charge in [-0.2, -0.15) is 0 Å². The van der Waals surface area contributed by atoms with E-state index in [1.807, 2.05) is 39.0 Å².